The Morgan fingerprint density at radius 1 is 1.21 bits per heavy atom. The van der Waals surface area contributed by atoms with Crippen molar-refractivity contribution in [2.75, 3.05) is 0 Å². The Labute approximate surface area is 127 Å². The minimum absolute atomic E-state index is 0.703. The second-order valence-electron chi connectivity index (χ2n) is 4.22. The summed E-state index contributed by atoms with van der Waals surface area (Å²) in [5, 5.41) is 0.703. The monoisotopic (exact) mass is 332 g/mol. The molecule has 0 saturated heterocycles. The van der Waals surface area contributed by atoms with Gasteiger partial charge in [0, 0.05) is 9.50 Å². The molecular formula is C17H14BrCl. The van der Waals surface area contributed by atoms with E-state index in [1.807, 2.05) is 43.3 Å². The lowest BCUT2D eigenvalue weighted by molar-refractivity contribution is 1.51. The van der Waals surface area contributed by atoms with Gasteiger partial charge in [-0.2, -0.15) is 0 Å². The van der Waals surface area contributed by atoms with Gasteiger partial charge in [0.15, 0.2) is 0 Å². The van der Waals surface area contributed by atoms with E-state index < -0.39 is 0 Å². The summed E-state index contributed by atoms with van der Waals surface area (Å²) in [7, 11) is 0. The summed E-state index contributed by atoms with van der Waals surface area (Å²) in [6.45, 7) is 6.22. The zero-order valence-corrected chi connectivity index (χ0v) is 13.0. The van der Waals surface area contributed by atoms with Crippen LogP contribution in [0.15, 0.2) is 59.6 Å². The van der Waals surface area contributed by atoms with Gasteiger partial charge in [-0.15, -0.1) is 0 Å². The fraction of sp³-hybridized carbons (Fsp3) is 0.0588. The van der Waals surface area contributed by atoms with Crippen LogP contribution in [0.5, 0.6) is 0 Å². The fourth-order valence-electron chi connectivity index (χ4n) is 1.98. The van der Waals surface area contributed by atoms with Gasteiger partial charge in [0.2, 0.25) is 0 Å². The first kappa shape index (κ1) is 14.1. The van der Waals surface area contributed by atoms with Gasteiger partial charge in [-0.3, -0.25) is 0 Å². The molecule has 0 N–H and O–H groups in total. The highest BCUT2D eigenvalue weighted by molar-refractivity contribution is 9.10. The van der Waals surface area contributed by atoms with Crippen LogP contribution in [0.1, 0.15) is 23.6 Å². The normalized spacial score (nSPS) is 10.9. The first-order valence-corrected chi connectivity index (χ1v) is 7.16. The van der Waals surface area contributed by atoms with Crippen LogP contribution < -0.4 is 0 Å². The third-order valence-corrected chi connectivity index (χ3v) is 3.52. The molecule has 0 amide bonds. The Morgan fingerprint density at radius 3 is 2.63 bits per heavy atom. The molecular weight excluding hydrogens is 320 g/mol. The molecule has 2 heteroatoms. The van der Waals surface area contributed by atoms with E-state index in [-0.39, 0.29) is 0 Å². The summed E-state index contributed by atoms with van der Waals surface area (Å²) in [5.41, 5.74) is 4.27. The highest BCUT2D eigenvalue weighted by Gasteiger charge is 2.07. The third-order valence-electron chi connectivity index (χ3n) is 2.84. The Balaban J connectivity index is 2.50. The van der Waals surface area contributed by atoms with Crippen LogP contribution >= 0.6 is 27.5 Å². The number of hydrogen-bond acceptors (Lipinski definition) is 0. The van der Waals surface area contributed by atoms with Crippen LogP contribution in [0.4, 0.5) is 0 Å². The van der Waals surface area contributed by atoms with E-state index in [2.05, 4.69) is 40.7 Å². The molecule has 0 spiro atoms. The van der Waals surface area contributed by atoms with Gasteiger partial charge < -0.3 is 0 Å². The SMILES string of the molecule is C=C(c1cc(Cl)cc(Br)c1)c1ccccc1C=CC. The molecule has 0 fully saturated rings. The lowest BCUT2D eigenvalue weighted by Gasteiger charge is -2.11. The minimum Gasteiger partial charge on any atom is -0.0905 e. The maximum absolute atomic E-state index is 6.10. The summed E-state index contributed by atoms with van der Waals surface area (Å²) in [6, 6.07) is 14.0. The number of rotatable bonds is 3. The molecule has 2 aromatic rings. The summed E-state index contributed by atoms with van der Waals surface area (Å²) in [5.74, 6) is 0. The molecule has 0 radical (unpaired) electrons. The number of benzene rings is 2. The molecule has 0 aliphatic rings. The average molecular weight is 334 g/mol. The van der Waals surface area contributed by atoms with Crippen molar-refractivity contribution < 1.29 is 0 Å². The largest absolute Gasteiger partial charge is 0.0905 e. The van der Waals surface area contributed by atoms with E-state index in [4.69, 9.17) is 11.6 Å². The van der Waals surface area contributed by atoms with Crippen LogP contribution in [0, 0.1) is 0 Å². The van der Waals surface area contributed by atoms with Crippen molar-refractivity contribution in [3.8, 4) is 0 Å². The number of halogens is 2. The molecule has 0 heterocycles. The molecule has 19 heavy (non-hydrogen) atoms. The fourth-order valence-corrected chi connectivity index (χ4v) is 2.84. The van der Waals surface area contributed by atoms with Crippen molar-refractivity contribution in [3.63, 3.8) is 0 Å². The molecule has 0 saturated carbocycles. The first-order valence-electron chi connectivity index (χ1n) is 5.99. The summed E-state index contributed by atoms with van der Waals surface area (Å²) in [6.07, 6.45) is 4.11. The Hall–Kier alpha value is -1.31. The van der Waals surface area contributed by atoms with Crippen molar-refractivity contribution in [2.45, 2.75) is 6.92 Å². The van der Waals surface area contributed by atoms with E-state index in [9.17, 15) is 0 Å². The molecule has 0 aliphatic heterocycles. The highest BCUT2D eigenvalue weighted by Crippen LogP contribution is 2.29. The first-order chi connectivity index (χ1) is 9.11. The molecule has 0 nitrogen and oxygen atoms in total. The standard InChI is InChI=1S/C17H14BrCl/c1-3-6-13-7-4-5-8-17(13)12(2)14-9-15(18)11-16(19)10-14/h3-11H,2H2,1H3. The van der Waals surface area contributed by atoms with Gasteiger partial charge in [-0.25, -0.2) is 0 Å². The Kier molecular flexibility index (Phi) is 4.62. The quantitative estimate of drug-likeness (QED) is 0.627. The van der Waals surface area contributed by atoms with Crippen molar-refractivity contribution in [1.29, 1.82) is 0 Å². The third kappa shape index (κ3) is 3.37. The van der Waals surface area contributed by atoms with Gasteiger partial charge in [-0.1, -0.05) is 70.5 Å². The second kappa shape index (κ2) is 6.23. The molecule has 0 aromatic heterocycles. The maximum atomic E-state index is 6.10. The summed E-state index contributed by atoms with van der Waals surface area (Å²) < 4.78 is 0.958. The van der Waals surface area contributed by atoms with Crippen LogP contribution in [-0.2, 0) is 0 Å². The lowest BCUT2D eigenvalue weighted by atomic mass is 9.95. The van der Waals surface area contributed by atoms with Gasteiger partial charge in [0.05, 0.1) is 0 Å². The van der Waals surface area contributed by atoms with Crippen LogP contribution in [0.25, 0.3) is 11.6 Å². The van der Waals surface area contributed by atoms with Crippen molar-refractivity contribution >= 4 is 39.2 Å². The average Bonchev–Trinajstić information content (AvgIpc) is 2.38. The Bertz CT molecular complexity index is 621. The molecule has 2 rings (SSSR count). The molecule has 0 bridgehead atoms. The predicted octanol–water partition coefficient (Wildman–Crippen LogP) is 6.20. The summed E-state index contributed by atoms with van der Waals surface area (Å²) >= 11 is 9.56. The summed E-state index contributed by atoms with van der Waals surface area (Å²) in [4.78, 5) is 0. The van der Waals surface area contributed by atoms with Gasteiger partial charge in [-0.05, 0) is 47.4 Å². The van der Waals surface area contributed by atoms with Crippen LogP contribution in [0.2, 0.25) is 5.02 Å². The molecule has 0 aliphatic carbocycles. The van der Waals surface area contributed by atoms with E-state index >= 15 is 0 Å². The molecule has 2 aromatic carbocycles. The van der Waals surface area contributed by atoms with Crippen LogP contribution in [0.3, 0.4) is 0 Å². The van der Waals surface area contributed by atoms with Gasteiger partial charge >= 0.3 is 0 Å². The van der Waals surface area contributed by atoms with E-state index in [1.165, 1.54) is 0 Å². The molecule has 0 unspecified atom stereocenters. The van der Waals surface area contributed by atoms with Crippen molar-refractivity contribution in [2.24, 2.45) is 0 Å². The second-order valence-corrected chi connectivity index (χ2v) is 5.58. The number of hydrogen-bond donors (Lipinski definition) is 0. The van der Waals surface area contributed by atoms with E-state index in [0.29, 0.717) is 5.02 Å². The van der Waals surface area contributed by atoms with Crippen LogP contribution in [-0.4, -0.2) is 0 Å². The minimum atomic E-state index is 0.703. The van der Waals surface area contributed by atoms with Crippen molar-refractivity contribution in [3.05, 3.63) is 81.3 Å². The number of allylic oxidation sites excluding steroid dienone is 1. The van der Waals surface area contributed by atoms with Crippen molar-refractivity contribution in [1.82, 2.24) is 0 Å². The topological polar surface area (TPSA) is 0 Å². The Morgan fingerprint density at radius 2 is 1.95 bits per heavy atom. The smallest absolute Gasteiger partial charge is 0.0423 e. The van der Waals surface area contributed by atoms with Gasteiger partial charge in [0.1, 0.15) is 0 Å². The van der Waals surface area contributed by atoms with E-state index in [0.717, 1.165) is 26.7 Å². The lowest BCUT2D eigenvalue weighted by Crippen LogP contribution is -1.90. The van der Waals surface area contributed by atoms with E-state index in [1.54, 1.807) is 0 Å². The van der Waals surface area contributed by atoms with Gasteiger partial charge in [0.25, 0.3) is 0 Å². The zero-order valence-electron chi connectivity index (χ0n) is 10.7. The molecule has 0 atom stereocenters. The highest BCUT2D eigenvalue weighted by atomic mass is 79.9. The predicted molar refractivity (Wildman–Crippen MR) is 88.4 cm³/mol. The maximum Gasteiger partial charge on any atom is 0.0423 e. The zero-order chi connectivity index (χ0) is 13.8. The molecule has 96 valence electrons.